The molecule has 130 valence electrons. The van der Waals surface area contributed by atoms with Crippen LogP contribution in [-0.2, 0) is 6.42 Å². The fraction of sp³-hybridized carbons (Fsp3) is 0.455. The van der Waals surface area contributed by atoms with Gasteiger partial charge in [0.1, 0.15) is 5.75 Å². The summed E-state index contributed by atoms with van der Waals surface area (Å²) in [4.78, 5) is 0. The zero-order chi connectivity index (χ0) is 17.5. The fourth-order valence-corrected chi connectivity index (χ4v) is 2.79. The SMILES string of the molecule is CC(C)Cc1ccc(C(C)CNc2cccc(OC(C)C)c2)cc1. The highest BCUT2D eigenvalue weighted by atomic mass is 16.5. The van der Waals surface area contributed by atoms with Gasteiger partial charge in [-0.15, -0.1) is 0 Å². The molecule has 2 heteroatoms. The molecule has 0 saturated heterocycles. The molecule has 0 fully saturated rings. The average molecular weight is 325 g/mol. The van der Waals surface area contributed by atoms with E-state index in [1.807, 2.05) is 26.0 Å². The molecule has 0 aliphatic carbocycles. The quantitative estimate of drug-likeness (QED) is 0.653. The van der Waals surface area contributed by atoms with Gasteiger partial charge in [0.05, 0.1) is 6.10 Å². The molecule has 1 atom stereocenters. The van der Waals surface area contributed by atoms with Crippen LogP contribution in [0.1, 0.15) is 51.7 Å². The highest BCUT2D eigenvalue weighted by Gasteiger charge is 2.07. The molecule has 2 aromatic carbocycles. The van der Waals surface area contributed by atoms with Gasteiger partial charge in [0.15, 0.2) is 0 Å². The molecule has 2 rings (SSSR count). The van der Waals surface area contributed by atoms with Crippen LogP contribution in [0.3, 0.4) is 0 Å². The standard InChI is InChI=1S/C22H31NO/c1-16(2)13-19-9-11-20(12-10-19)18(5)15-23-21-7-6-8-22(14-21)24-17(3)4/h6-12,14,16-18,23H,13,15H2,1-5H3. The second-order valence-electron chi connectivity index (χ2n) is 7.32. The normalized spacial score (nSPS) is 12.5. The maximum absolute atomic E-state index is 5.75. The van der Waals surface area contributed by atoms with Crippen LogP contribution < -0.4 is 10.1 Å². The number of hydrogen-bond donors (Lipinski definition) is 1. The Balaban J connectivity index is 1.91. The van der Waals surface area contributed by atoms with E-state index in [2.05, 4.69) is 62.5 Å². The van der Waals surface area contributed by atoms with E-state index in [1.165, 1.54) is 11.1 Å². The van der Waals surface area contributed by atoms with Crippen LogP contribution in [0.4, 0.5) is 5.69 Å². The maximum Gasteiger partial charge on any atom is 0.121 e. The second kappa shape index (κ2) is 8.77. The third kappa shape index (κ3) is 5.92. The summed E-state index contributed by atoms with van der Waals surface area (Å²) in [5, 5.41) is 3.52. The molecular weight excluding hydrogens is 294 g/mol. The molecule has 0 aliphatic rings. The summed E-state index contributed by atoms with van der Waals surface area (Å²) in [6.07, 6.45) is 1.35. The number of benzene rings is 2. The summed E-state index contributed by atoms with van der Waals surface area (Å²) in [5.41, 5.74) is 3.91. The van der Waals surface area contributed by atoms with Crippen molar-refractivity contribution >= 4 is 5.69 Å². The van der Waals surface area contributed by atoms with Gasteiger partial charge in [-0.2, -0.15) is 0 Å². The molecule has 1 N–H and O–H groups in total. The van der Waals surface area contributed by atoms with Gasteiger partial charge in [0.25, 0.3) is 0 Å². The van der Waals surface area contributed by atoms with Crippen molar-refractivity contribution in [1.29, 1.82) is 0 Å². The van der Waals surface area contributed by atoms with Crippen molar-refractivity contribution in [2.45, 2.75) is 53.1 Å². The Kier molecular flexibility index (Phi) is 6.72. The van der Waals surface area contributed by atoms with E-state index in [-0.39, 0.29) is 6.10 Å². The predicted octanol–water partition coefficient (Wildman–Crippen LogP) is 5.89. The molecule has 0 amide bonds. The van der Waals surface area contributed by atoms with Crippen molar-refractivity contribution in [3.63, 3.8) is 0 Å². The van der Waals surface area contributed by atoms with Gasteiger partial charge < -0.3 is 10.1 Å². The van der Waals surface area contributed by atoms with E-state index in [0.29, 0.717) is 11.8 Å². The Morgan fingerprint density at radius 2 is 1.62 bits per heavy atom. The highest BCUT2D eigenvalue weighted by Crippen LogP contribution is 2.21. The van der Waals surface area contributed by atoms with Gasteiger partial charge >= 0.3 is 0 Å². The first-order valence-corrected chi connectivity index (χ1v) is 9.03. The molecule has 0 aliphatic heterocycles. The molecule has 0 bridgehead atoms. The van der Waals surface area contributed by atoms with Crippen LogP contribution in [0, 0.1) is 5.92 Å². The first kappa shape index (κ1) is 18.4. The van der Waals surface area contributed by atoms with Gasteiger partial charge in [-0.1, -0.05) is 51.1 Å². The van der Waals surface area contributed by atoms with Crippen molar-refractivity contribution in [1.82, 2.24) is 0 Å². The van der Waals surface area contributed by atoms with Crippen molar-refractivity contribution in [3.05, 3.63) is 59.7 Å². The summed E-state index contributed by atoms with van der Waals surface area (Å²) >= 11 is 0. The third-order valence-corrected chi connectivity index (χ3v) is 4.01. The number of anilines is 1. The zero-order valence-corrected chi connectivity index (χ0v) is 15.7. The predicted molar refractivity (Wildman–Crippen MR) is 104 cm³/mol. The molecule has 0 spiro atoms. The molecule has 1 unspecified atom stereocenters. The Bertz CT molecular complexity index is 616. The minimum Gasteiger partial charge on any atom is -0.491 e. The van der Waals surface area contributed by atoms with Crippen LogP contribution >= 0.6 is 0 Å². The molecular formula is C22H31NO. The summed E-state index contributed by atoms with van der Waals surface area (Å²) in [6, 6.07) is 17.3. The second-order valence-corrected chi connectivity index (χ2v) is 7.32. The summed E-state index contributed by atoms with van der Waals surface area (Å²) in [6.45, 7) is 11.8. The Morgan fingerprint density at radius 3 is 2.25 bits per heavy atom. The average Bonchev–Trinajstić information content (AvgIpc) is 2.52. The monoisotopic (exact) mass is 325 g/mol. The van der Waals surface area contributed by atoms with Crippen LogP contribution in [0.25, 0.3) is 0 Å². The van der Waals surface area contributed by atoms with Crippen LogP contribution in [-0.4, -0.2) is 12.6 Å². The summed E-state index contributed by atoms with van der Waals surface area (Å²) < 4.78 is 5.75. The third-order valence-electron chi connectivity index (χ3n) is 4.01. The van der Waals surface area contributed by atoms with Gasteiger partial charge in [0.2, 0.25) is 0 Å². The number of rotatable bonds is 8. The minimum atomic E-state index is 0.198. The highest BCUT2D eigenvalue weighted by molar-refractivity contribution is 5.48. The van der Waals surface area contributed by atoms with E-state index < -0.39 is 0 Å². The fourth-order valence-electron chi connectivity index (χ4n) is 2.79. The molecule has 24 heavy (non-hydrogen) atoms. The summed E-state index contributed by atoms with van der Waals surface area (Å²) in [5.74, 6) is 2.09. The van der Waals surface area contributed by atoms with E-state index in [4.69, 9.17) is 4.74 Å². The maximum atomic E-state index is 5.75. The van der Waals surface area contributed by atoms with Crippen molar-refractivity contribution in [2.75, 3.05) is 11.9 Å². The largest absolute Gasteiger partial charge is 0.491 e. The van der Waals surface area contributed by atoms with E-state index in [0.717, 1.165) is 24.4 Å². The first-order valence-electron chi connectivity index (χ1n) is 9.03. The lowest BCUT2D eigenvalue weighted by molar-refractivity contribution is 0.242. The number of hydrogen-bond acceptors (Lipinski definition) is 2. The first-order chi connectivity index (χ1) is 11.4. The van der Waals surface area contributed by atoms with Gasteiger partial charge in [0, 0.05) is 18.3 Å². The molecule has 0 aromatic heterocycles. The van der Waals surface area contributed by atoms with Crippen LogP contribution in [0.15, 0.2) is 48.5 Å². The summed E-state index contributed by atoms with van der Waals surface area (Å²) in [7, 11) is 0. The lowest BCUT2D eigenvalue weighted by atomic mass is 9.97. The molecule has 2 nitrogen and oxygen atoms in total. The smallest absolute Gasteiger partial charge is 0.121 e. The van der Waals surface area contributed by atoms with Gasteiger partial charge in [-0.25, -0.2) is 0 Å². The van der Waals surface area contributed by atoms with Crippen LogP contribution in [0.5, 0.6) is 5.75 Å². The van der Waals surface area contributed by atoms with Crippen molar-refractivity contribution < 1.29 is 4.74 Å². The van der Waals surface area contributed by atoms with Crippen molar-refractivity contribution in [3.8, 4) is 5.75 Å². The lowest BCUT2D eigenvalue weighted by Crippen LogP contribution is -2.10. The Labute approximate surface area is 147 Å². The van der Waals surface area contributed by atoms with E-state index in [1.54, 1.807) is 0 Å². The minimum absolute atomic E-state index is 0.198. The molecule has 0 radical (unpaired) electrons. The zero-order valence-electron chi connectivity index (χ0n) is 15.7. The van der Waals surface area contributed by atoms with E-state index >= 15 is 0 Å². The molecule has 0 heterocycles. The van der Waals surface area contributed by atoms with Crippen LogP contribution in [0.2, 0.25) is 0 Å². The van der Waals surface area contributed by atoms with E-state index in [9.17, 15) is 0 Å². The molecule has 2 aromatic rings. The Hall–Kier alpha value is -1.96. The topological polar surface area (TPSA) is 21.3 Å². The van der Waals surface area contributed by atoms with Gasteiger partial charge in [-0.05, 0) is 55.4 Å². The molecule has 0 saturated carbocycles. The number of ether oxygens (including phenoxy) is 1. The van der Waals surface area contributed by atoms with Crippen molar-refractivity contribution in [2.24, 2.45) is 5.92 Å². The number of nitrogens with one attached hydrogen (secondary N) is 1. The Morgan fingerprint density at radius 1 is 0.917 bits per heavy atom. The van der Waals surface area contributed by atoms with Gasteiger partial charge in [-0.3, -0.25) is 0 Å². The lowest BCUT2D eigenvalue weighted by Gasteiger charge is -2.16.